The molecule has 2 heterocycles. The van der Waals surface area contributed by atoms with Gasteiger partial charge in [0.25, 0.3) is 5.91 Å². The maximum absolute atomic E-state index is 13.1. The number of fused-ring (bicyclic) bond motifs is 2. The van der Waals surface area contributed by atoms with Crippen LogP contribution in [0.5, 0.6) is 0 Å². The number of carbonyl (C=O) groups is 2. The third-order valence-corrected chi connectivity index (χ3v) is 6.07. The van der Waals surface area contributed by atoms with Gasteiger partial charge < -0.3 is 10.2 Å². The number of hydrogen-bond donors (Lipinski definition) is 1. The fraction of sp³-hybridized carbons (Fsp3) is 0.391. The predicted molar refractivity (Wildman–Crippen MR) is 105 cm³/mol. The van der Waals surface area contributed by atoms with Crippen molar-refractivity contribution in [2.45, 2.75) is 57.2 Å². The van der Waals surface area contributed by atoms with E-state index in [4.69, 9.17) is 0 Å². The normalized spacial score (nSPS) is 23.5. The van der Waals surface area contributed by atoms with E-state index in [1.54, 1.807) is 0 Å². The van der Waals surface area contributed by atoms with Crippen LogP contribution in [0.4, 0.5) is 4.39 Å². The smallest absolute Gasteiger partial charge is 0.251 e. The van der Waals surface area contributed by atoms with E-state index in [9.17, 15) is 14.0 Å². The maximum atomic E-state index is 13.1. The van der Waals surface area contributed by atoms with E-state index >= 15 is 0 Å². The zero-order chi connectivity index (χ0) is 19.7. The summed E-state index contributed by atoms with van der Waals surface area (Å²) in [7, 11) is 0. The summed E-state index contributed by atoms with van der Waals surface area (Å²) in [6.07, 6.45) is 3.98. The molecule has 2 aliphatic heterocycles. The highest BCUT2D eigenvalue weighted by atomic mass is 19.1. The fourth-order valence-electron chi connectivity index (χ4n) is 4.63. The highest BCUT2D eigenvalue weighted by Gasteiger charge is 2.43. The number of rotatable bonds is 4. The second kappa shape index (κ2) is 7.74. The zero-order valence-corrected chi connectivity index (χ0v) is 16.0. The minimum Gasteiger partial charge on any atom is -0.349 e. The van der Waals surface area contributed by atoms with Gasteiger partial charge in [0.05, 0.1) is 6.42 Å². The summed E-state index contributed by atoms with van der Waals surface area (Å²) in [6, 6.07) is 14.0. The van der Waals surface area contributed by atoms with E-state index in [-0.39, 0.29) is 35.8 Å². The molecule has 1 N–H and O–H groups in total. The minimum atomic E-state index is -0.352. The second-order valence-corrected chi connectivity index (χ2v) is 7.94. The van der Waals surface area contributed by atoms with Crippen LogP contribution in [0.3, 0.4) is 0 Å². The van der Waals surface area contributed by atoms with Gasteiger partial charge in [-0.05, 0) is 68.0 Å². The molecule has 0 aromatic heterocycles. The predicted octanol–water partition coefficient (Wildman–Crippen LogP) is 3.63. The molecular formula is C23H25FN2O2. The number of benzene rings is 2. The first-order valence-electron chi connectivity index (χ1n) is 9.93. The first-order valence-corrected chi connectivity index (χ1v) is 9.93. The van der Waals surface area contributed by atoms with Crippen molar-refractivity contribution in [1.82, 2.24) is 10.2 Å². The lowest BCUT2D eigenvalue weighted by Gasteiger charge is -2.39. The Balaban J connectivity index is 1.39. The number of piperidine rings is 1. The molecule has 2 aromatic rings. The molecule has 3 atom stereocenters. The third kappa shape index (κ3) is 3.79. The molecule has 4 nitrogen and oxygen atoms in total. The molecule has 2 saturated heterocycles. The van der Waals surface area contributed by atoms with Crippen LogP contribution < -0.4 is 5.32 Å². The number of hydrogen-bond acceptors (Lipinski definition) is 2. The lowest BCUT2D eigenvalue weighted by atomic mass is 9.95. The Morgan fingerprint density at radius 2 is 1.68 bits per heavy atom. The quantitative estimate of drug-likeness (QED) is 0.881. The molecule has 1 unspecified atom stereocenters. The van der Waals surface area contributed by atoms with Crippen LogP contribution in [-0.2, 0) is 11.2 Å². The van der Waals surface area contributed by atoms with Crippen LogP contribution in [0.15, 0.2) is 48.5 Å². The Hall–Kier alpha value is -2.69. The Morgan fingerprint density at radius 1 is 1.04 bits per heavy atom. The van der Waals surface area contributed by atoms with E-state index in [0.29, 0.717) is 12.0 Å². The van der Waals surface area contributed by atoms with Crippen LogP contribution in [0, 0.1) is 12.7 Å². The van der Waals surface area contributed by atoms with Crippen molar-refractivity contribution in [3.05, 3.63) is 71.0 Å². The topological polar surface area (TPSA) is 49.4 Å². The summed E-state index contributed by atoms with van der Waals surface area (Å²) in [5.41, 5.74) is 2.69. The van der Waals surface area contributed by atoms with Crippen molar-refractivity contribution in [3.63, 3.8) is 0 Å². The standard InChI is InChI=1S/C23H25FN2O2/c1-15-4-2-3-5-17(15)12-22(27)26-20-10-11-21(26)14-19(13-20)25-23(28)16-6-8-18(24)9-7-16/h2-9,19-21H,10-14H2,1H3,(H,25,28)/t19?,20-,21+. The number of nitrogens with one attached hydrogen (secondary N) is 1. The number of nitrogens with zero attached hydrogens (tertiary/aromatic N) is 1. The first-order chi connectivity index (χ1) is 13.5. The van der Waals surface area contributed by atoms with Crippen molar-refractivity contribution in [2.75, 3.05) is 0 Å². The van der Waals surface area contributed by atoms with E-state index in [2.05, 4.69) is 10.2 Å². The van der Waals surface area contributed by atoms with Gasteiger partial charge in [0, 0.05) is 23.7 Å². The summed E-state index contributed by atoms with van der Waals surface area (Å²) in [6.45, 7) is 2.04. The average molecular weight is 380 g/mol. The highest BCUT2D eigenvalue weighted by Crippen LogP contribution is 2.36. The number of carbonyl (C=O) groups excluding carboxylic acids is 2. The van der Waals surface area contributed by atoms with Crippen LogP contribution in [0.25, 0.3) is 0 Å². The van der Waals surface area contributed by atoms with Crippen LogP contribution >= 0.6 is 0 Å². The van der Waals surface area contributed by atoms with Crippen molar-refractivity contribution in [2.24, 2.45) is 0 Å². The fourth-order valence-corrected chi connectivity index (χ4v) is 4.63. The van der Waals surface area contributed by atoms with Gasteiger partial charge in [-0.3, -0.25) is 9.59 Å². The van der Waals surface area contributed by atoms with Gasteiger partial charge in [-0.1, -0.05) is 24.3 Å². The van der Waals surface area contributed by atoms with Crippen LogP contribution in [-0.4, -0.2) is 34.8 Å². The number of aryl methyl sites for hydroxylation is 1. The van der Waals surface area contributed by atoms with Gasteiger partial charge in [-0.2, -0.15) is 0 Å². The summed E-state index contributed by atoms with van der Waals surface area (Å²) >= 11 is 0. The summed E-state index contributed by atoms with van der Waals surface area (Å²) in [5, 5.41) is 3.07. The molecule has 2 bridgehead atoms. The summed E-state index contributed by atoms with van der Waals surface area (Å²) in [5.74, 6) is -0.343. The maximum Gasteiger partial charge on any atom is 0.251 e. The number of halogens is 1. The molecule has 0 aliphatic carbocycles. The molecule has 2 aromatic carbocycles. The van der Waals surface area contributed by atoms with E-state index in [0.717, 1.165) is 36.8 Å². The summed E-state index contributed by atoms with van der Waals surface area (Å²) < 4.78 is 13.1. The molecule has 2 aliphatic rings. The second-order valence-electron chi connectivity index (χ2n) is 7.94. The van der Waals surface area contributed by atoms with Gasteiger partial charge in [0.15, 0.2) is 0 Å². The first kappa shape index (κ1) is 18.7. The van der Waals surface area contributed by atoms with E-state index < -0.39 is 0 Å². The van der Waals surface area contributed by atoms with Crippen molar-refractivity contribution >= 4 is 11.8 Å². The average Bonchev–Trinajstić information content (AvgIpc) is 2.95. The molecule has 5 heteroatoms. The van der Waals surface area contributed by atoms with Gasteiger partial charge in [-0.15, -0.1) is 0 Å². The van der Waals surface area contributed by atoms with Gasteiger partial charge >= 0.3 is 0 Å². The molecule has 0 radical (unpaired) electrons. The Labute approximate surface area is 164 Å². The van der Waals surface area contributed by atoms with Gasteiger partial charge in [0.2, 0.25) is 5.91 Å². The van der Waals surface area contributed by atoms with Crippen LogP contribution in [0.2, 0.25) is 0 Å². The van der Waals surface area contributed by atoms with E-state index in [1.807, 2.05) is 31.2 Å². The molecule has 0 saturated carbocycles. The van der Waals surface area contributed by atoms with E-state index in [1.165, 1.54) is 24.3 Å². The summed E-state index contributed by atoms with van der Waals surface area (Å²) in [4.78, 5) is 27.5. The molecular weight excluding hydrogens is 355 g/mol. The number of amides is 2. The van der Waals surface area contributed by atoms with Crippen LogP contribution in [0.1, 0.15) is 47.2 Å². The lowest BCUT2D eigenvalue weighted by molar-refractivity contribution is -0.135. The van der Waals surface area contributed by atoms with Crippen molar-refractivity contribution in [1.29, 1.82) is 0 Å². The van der Waals surface area contributed by atoms with Gasteiger partial charge in [0.1, 0.15) is 5.82 Å². The molecule has 28 heavy (non-hydrogen) atoms. The lowest BCUT2D eigenvalue weighted by Crippen LogP contribution is -2.52. The highest BCUT2D eigenvalue weighted by molar-refractivity contribution is 5.94. The Bertz CT molecular complexity index is 866. The molecule has 2 fully saturated rings. The van der Waals surface area contributed by atoms with Crippen molar-refractivity contribution in [3.8, 4) is 0 Å². The zero-order valence-electron chi connectivity index (χ0n) is 16.0. The van der Waals surface area contributed by atoms with Crippen molar-refractivity contribution < 1.29 is 14.0 Å². The largest absolute Gasteiger partial charge is 0.349 e. The molecule has 0 spiro atoms. The Morgan fingerprint density at radius 3 is 2.32 bits per heavy atom. The minimum absolute atomic E-state index is 0.0533. The monoisotopic (exact) mass is 380 g/mol. The molecule has 146 valence electrons. The molecule has 2 amide bonds. The third-order valence-electron chi connectivity index (χ3n) is 6.07. The Kier molecular flexibility index (Phi) is 5.16. The molecule has 4 rings (SSSR count). The SMILES string of the molecule is Cc1ccccc1CC(=O)N1[C@@H]2CC[C@H]1CC(NC(=O)c1ccc(F)cc1)C2. The van der Waals surface area contributed by atoms with Gasteiger partial charge in [-0.25, -0.2) is 4.39 Å².